The number of aromatic nitrogens is 2. The highest BCUT2D eigenvalue weighted by Crippen LogP contribution is 2.44. The van der Waals surface area contributed by atoms with E-state index in [1.165, 1.54) is 13.2 Å². The topological polar surface area (TPSA) is 102 Å². The van der Waals surface area contributed by atoms with Crippen molar-refractivity contribution in [3.8, 4) is 22.9 Å². The van der Waals surface area contributed by atoms with Crippen LogP contribution in [0, 0.1) is 10.1 Å². The number of anilines is 1. The van der Waals surface area contributed by atoms with Gasteiger partial charge in [0.15, 0.2) is 11.5 Å². The second-order valence-electron chi connectivity index (χ2n) is 6.73. The van der Waals surface area contributed by atoms with Crippen molar-refractivity contribution < 1.29 is 14.8 Å². The van der Waals surface area contributed by atoms with Crippen LogP contribution in [-0.4, -0.2) is 26.7 Å². The third kappa shape index (κ3) is 2.49. The molecule has 0 spiro atoms. The summed E-state index contributed by atoms with van der Waals surface area (Å²) in [5, 5.41) is 25.3. The number of benzene rings is 3. The number of aromatic hydroxyl groups is 1. The molecular weight excluding hydrogens is 372 g/mol. The first-order valence-corrected chi connectivity index (χ1v) is 8.96. The van der Waals surface area contributed by atoms with Crippen LogP contribution in [0.1, 0.15) is 11.7 Å². The lowest BCUT2D eigenvalue weighted by Gasteiger charge is -2.30. The number of nitro benzene ring substituents is 1. The molecule has 1 atom stereocenters. The van der Waals surface area contributed by atoms with Gasteiger partial charge in [-0.1, -0.05) is 24.3 Å². The Bertz CT molecular complexity index is 1280. The van der Waals surface area contributed by atoms with Gasteiger partial charge in [-0.05, 0) is 30.3 Å². The summed E-state index contributed by atoms with van der Waals surface area (Å²) in [6.45, 7) is 0. The third-order valence-corrected chi connectivity index (χ3v) is 5.13. The first-order chi connectivity index (χ1) is 14.1. The second-order valence-corrected chi connectivity index (χ2v) is 6.73. The van der Waals surface area contributed by atoms with Gasteiger partial charge in [0.1, 0.15) is 12.0 Å². The normalized spacial score (nSPS) is 14.7. The molecule has 0 aliphatic carbocycles. The fourth-order valence-electron chi connectivity index (χ4n) is 3.84. The summed E-state index contributed by atoms with van der Waals surface area (Å²) < 4.78 is 7.15. The van der Waals surface area contributed by atoms with Crippen molar-refractivity contribution in [3.05, 3.63) is 76.3 Å². The van der Waals surface area contributed by atoms with Crippen LogP contribution in [0.4, 0.5) is 11.4 Å². The largest absolute Gasteiger partial charge is 0.504 e. The van der Waals surface area contributed by atoms with E-state index in [0.717, 1.165) is 28.4 Å². The molecule has 5 rings (SSSR count). The molecule has 8 heteroatoms. The highest BCUT2D eigenvalue weighted by molar-refractivity contribution is 5.87. The molecule has 4 aromatic rings. The van der Waals surface area contributed by atoms with Crippen LogP contribution in [0.2, 0.25) is 0 Å². The zero-order valence-corrected chi connectivity index (χ0v) is 15.4. The minimum absolute atomic E-state index is 0.164. The summed E-state index contributed by atoms with van der Waals surface area (Å²) in [5.41, 5.74) is 3.53. The Balaban J connectivity index is 1.84. The van der Waals surface area contributed by atoms with Gasteiger partial charge in [-0.3, -0.25) is 14.7 Å². The number of hydrogen-bond acceptors (Lipinski definition) is 6. The predicted molar refractivity (Wildman–Crippen MR) is 108 cm³/mol. The van der Waals surface area contributed by atoms with Crippen molar-refractivity contribution in [3.63, 3.8) is 0 Å². The number of hydrogen-bond donors (Lipinski definition) is 2. The smallest absolute Gasteiger partial charge is 0.280 e. The van der Waals surface area contributed by atoms with E-state index < -0.39 is 11.1 Å². The number of phenolic OH excluding ortho intramolecular Hbond substituents is 1. The number of para-hydroxylation sites is 3. The summed E-state index contributed by atoms with van der Waals surface area (Å²) in [5.74, 6) is 0.596. The molecule has 0 radical (unpaired) electrons. The second kappa shape index (κ2) is 6.23. The lowest BCUT2D eigenvalue weighted by Crippen LogP contribution is -2.25. The van der Waals surface area contributed by atoms with E-state index in [1.807, 2.05) is 53.1 Å². The van der Waals surface area contributed by atoms with Crippen LogP contribution in [0.3, 0.4) is 0 Å². The molecule has 8 nitrogen and oxygen atoms in total. The number of rotatable bonds is 3. The van der Waals surface area contributed by atoms with Gasteiger partial charge in [0.2, 0.25) is 0 Å². The molecular formula is C21H16N4O4. The average molecular weight is 388 g/mol. The van der Waals surface area contributed by atoms with E-state index in [-0.39, 0.29) is 17.2 Å². The maximum Gasteiger partial charge on any atom is 0.280 e. The summed E-state index contributed by atoms with van der Waals surface area (Å²) in [6.07, 6.45) is -0.609. The molecule has 1 aliphatic heterocycles. The number of phenols is 1. The SMILES string of the molecule is COc1cc(C2Nc3ccccc3-c3nc4ccccc4n32)c([N+](=O)[O-])cc1O. The average Bonchev–Trinajstić information content (AvgIpc) is 3.13. The Kier molecular flexibility index (Phi) is 3.67. The quantitative estimate of drug-likeness (QED) is 0.401. The Morgan fingerprint density at radius 2 is 1.93 bits per heavy atom. The Morgan fingerprint density at radius 3 is 2.72 bits per heavy atom. The molecule has 2 heterocycles. The molecule has 0 fully saturated rings. The minimum atomic E-state index is -0.609. The number of methoxy groups -OCH3 is 1. The Labute approximate surface area is 165 Å². The standard InChI is InChI=1S/C21H16N4O4/c1-29-19-10-13(17(25(27)28)11-18(19)26)21-22-14-7-3-2-6-12(14)20-23-15-8-4-5-9-16(15)24(20)21/h2-11,21-22,26H,1H3. The Morgan fingerprint density at radius 1 is 1.17 bits per heavy atom. The molecule has 0 saturated heterocycles. The zero-order valence-electron chi connectivity index (χ0n) is 15.4. The highest BCUT2D eigenvalue weighted by Gasteiger charge is 2.33. The molecule has 1 aliphatic rings. The molecule has 144 valence electrons. The molecule has 1 aromatic heterocycles. The van der Waals surface area contributed by atoms with E-state index >= 15 is 0 Å². The number of nitrogens with one attached hydrogen (secondary N) is 1. The van der Waals surface area contributed by atoms with E-state index in [0.29, 0.717) is 11.4 Å². The lowest BCUT2D eigenvalue weighted by molar-refractivity contribution is -0.385. The van der Waals surface area contributed by atoms with E-state index in [4.69, 9.17) is 9.72 Å². The van der Waals surface area contributed by atoms with E-state index in [2.05, 4.69) is 5.32 Å². The van der Waals surface area contributed by atoms with Gasteiger partial charge in [-0.2, -0.15) is 0 Å². The fraction of sp³-hybridized carbons (Fsp3) is 0.0952. The van der Waals surface area contributed by atoms with Crippen molar-refractivity contribution >= 4 is 22.4 Å². The van der Waals surface area contributed by atoms with E-state index in [1.54, 1.807) is 0 Å². The van der Waals surface area contributed by atoms with Gasteiger partial charge in [0.25, 0.3) is 5.69 Å². The van der Waals surface area contributed by atoms with Gasteiger partial charge in [0.05, 0.1) is 34.7 Å². The van der Waals surface area contributed by atoms with Gasteiger partial charge < -0.3 is 15.2 Å². The summed E-state index contributed by atoms with van der Waals surface area (Å²) in [6, 6.07) is 18.0. The molecule has 0 bridgehead atoms. The molecule has 3 aromatic carbocycles. The summed E-state index contributed by atoms with van der Waals surface area (Å²) in [4.78, 5) is 16.0. The van der Waals surface area contributed by atoms with Gasteiger partial charge in [-0.25, -0.2) is 4.98 Å². The van der Waals surface area contributed by atoms with Crippen LogP contribution in [0.5, 0.6) is 11.5 Å². The zero-order chi connectivity index (χ0) is 20.1. The number of imidazole rings is 1. The first-order valence-electron chi connectivity index (χ1n) is 8.96. The van der Waals surface area contributed by atoms with Gasteiger partial charge in [0, 0.05) is 11.3 Å². The van der Waals surface area contributed by atoms with Crippen molar-refractivity contribution in [1.82, 2.24) is 9.55 Å². The third-order valence-electron chi connectivity index (χ3n) is 5.13. The number of nitrogens with zero attached hydrogens (tertiary/aromatic N) is 3. The van der Waals surface area contributed by atoms with Crippen molar-refractivity contribution in [2.24, 2.45) is 0 Å². The Hall–Kier alpha value is -4.07. The number of fused-ring (bicyclic) bond motifs is 5. The molecule has 0 saturated carbocycles. The monoisotopic (exact) mass is 388 g/mol. The number of ether oxygens (including phenoxy) is 1. The number of nitro groups is 1. The van der Waals surface area contributed by atoms with E-state index in [9.17, 15) is 15.2 Å². The van der Waals surface area contributed by atoms with Gasteiger partial charge in [-0.15, -0.1) is 0 Å². The van der Waals surface area contributed by atoms with Crippen molar-refractivity contribution in [2.75, 3.05) is 12.4 Å². The molecule has 29 heavy (non-hydrogen) atoms. The highest BCUT2D eigenvalue weighted by atomic mass is 16.6. The first kappa shape index (κ1) is 17.1. The van der Waals surface area contributed by atoms with Gasteiger partial charge >= 0.3 is 0 Å². The van der Waals surface area contributed by atoms with Crippen LogP contribution in [0.25, 0.3) is 22.4 Å². The molecule has 2 N–H and O–H groups in total. The van der Waals surface area contributed by atoms with Crippen molar-refractivity contribution in [2.45, 2.75) is 6.17 Å². The van der Waals surface area contributed by atoms with Crippen LogP contribution in [-0.2, 0) is 0 Å². The van der Waals surface area contributed by atoms with Crippen molar-refractivity contribution in [1.29, 1.82) is 0 Å². The fourth-order valence-corrected chi connectivity index (χ4v) is 3.84. The van der Waals surface area contributed by atoms with Crippen LogP contribution < -0.4 is 10.1 Å². The predicted octanol–water partition coefficient (Wildman–Crippen LogP) is 4.30. The molecule has 0 amide bonds. The maximum absolute atomic E-state index is 11.8. The minimum Gasteiger partial charge on any atom is -0.504 e. The lowest BCUT2D eigenvalue weighted by atomic mass is 10.0. The summed E-state index contributed by atoms with van der Waals surface area (Å²) >= 11 is 0. The maximum atomic E-state index is 11.8. The summed E-state index contributed by atoms with van der Waals surface area (Å²) in [7, 11) is 1.41. The van der Waals surface area contributed by atoms with Crippen LogP contribution >= 0.6 is 0 Å². The molecule has 1 unspecified atom stereocenters. The van der Waals surface area contributed by atoms with Crippen LogP contribution in [0.15, 0.2) is 60.7 Å².